The molecule has 0 aromatic rings. The molecule has 0 spiro atoms. The van der Waals surface area contributed by atoms with Crippen LogP contribution in [0.1, 0.15) is 19.3 Å². The van der Waals surface area contributed by atoms with Crippen LogP contribution in [0.2, 0.25) is 0 Å². The summed E-state index contributed by atoms with van der Waals surface area (Å²) in [6.07, 6.45) is 2.29. The van der Waals surface area contributed by atoms with Gasteiger partial charge in [-0.05, 0) is 12.8 Å². The highest BCUT2D eigenvalue weighted by Crippen LogP contribution is 2.27. The van der Waals surface area contributed by atoms with Gasteiger partial charge in [0, 0.05) is 19.0 Å². The Labute approximate surface area is 68.2 Å². The lowest BCUT2D eigenvalue weighted by atomic mass is 10.4. The van der Waals surface area contributed by atoms with Gasteiger partial charge in [0.25, 0.3) is 0 Å². The van der Waals surface area contributed by atoms with Gasteiger partial charge in [-0.1, -0.05) is 0 Å². The molecule has 0 aliphatic heterocycles. The van der Waals surface area contributed by atoms with Crippen LogP contribution >= 0.6 is 0 Å². The van der Waals surface area contributed by atoms with Crippen LogP contribution in [-0.2, 0) is 11.3 Å². The van der Waals surface area contributed by atoms with E-state index in [2.05, 4.69) is 0 Å². The van der Waals surface area contributed by atoms with Gasteiger partial charge in [0.1, 0.15) is 0 Å². The van der Waals surface area contributed by atoms with Gasteiger partial charge in [-0.3, -0.25) is 4.55 Å². The average molecular weight is 174 g/mol. The van der Waals surface area contributed by atoms with Gasteiger partial charge in [-0.25, -0.2) is 4.21 Å². The van der Waals surface area contributed by atoms with Crippen LogP contribution in [0, 0.1) is 11.3 Å². The van der Waals surface area contributed by atoms with Crippen LogP contribution < -0.4 is 0 Å². The quantitative estimate of drug-likeness (QED) is 0.631. The minimum absolute atomic E-state index is 0.245. The van der Waals surface area contributed by atoms with Crippen molar-refractivity contribution in [1.82, 2.24) is 4.31 Å². The van der Waals surface area contributed by atoms with Crippen molar-refractivity contribution in [3.63, 3.8) is 0 Å². The van der Waals surface area contributed by atoms with E-state index in [9.17, 15) is 4.21 Å². The molecule has 1 fully saturated rings. The second-order valence-corrected chi connectivity index (χ2v) is 3.44. The number of hydrogen-bond donors (Lipinski definition) is 1. The molecule has 1 aliphatic carbocycles. The van der Waals surface area contributed by atoms with Crippen molar-refractivity contribution in [3.05, 3.63) is 0 Å². The second-order valence-electron chi connectivity index (χ2n) is 2.51. The fourth-order valence-electron chi connectivity index (χ4n) is 0.911. The first-order chi connectivity index (χ1) is 5.25. The molecular formula is C6H10N2O2S. The molecule has 0 saturated heterocycles. The Kier molecular flexibility index (Phi) is 3.00. The lowest BCUT2D eigenvalue weighted by Gasteiger charge is -2.13. The third-order valence-corrected chi connectivity index (χ3v) is 2.48. The van der Waals surface area contributed by atoms with Gasteiger partial charge in [-0.2, -0.15) is 9.57 Å². The molecule has 5 heteroatoms. The van der Waals surface area contributed by atoms with Crippen LogP contribution in [0.25, 0.3) is 0 Å². The topological polar surface area (TPSA) is 64.3 Å². The molecule has 0 radical (unpaired) electrons. The molecule has 0 aromatic heterocycles. The Morgan fingerprint density at radius 3 is 2.73 bits per heavy atom. The zero-order valence-electron chi connectivity index (χ0n) is 6.06. The van der Waals surface area contributed by atoms with Gasteiger partial charge in [-0.15, -0.1) is 0 Å². The summed E-state index contributed by atoms with van der Waals surface area (Å²) in [4.78, 5) is 0. The van der Waals surface area contributed by atoms with E-state index in [1.165, 1.54) is 4.31 Å². The van der Waals surface area contributed by atoms with E-state index in [-0.39, 0.29) is 6.04 Å². The summed E-state index contributed by atoms with van der Waals surface area (Å²) in [6.45, 7) is 0.407. The predicted octanol–water partition coefficient (Wildman–Crippen LogP) is 0.501. The van der Waals surface area contributed by atoms with E-state index in [1.54, 1.807) is 0 Å². The summed E-state index contributed by atoms with van der Waals surface area (Å²) in [5.74, 6) is 0. The Hall–Kier alpha value is -0.440. The third kappa shape index (κ3) is 2.58. The molecule has 0 bridgehead atoms. The summed E-state index contributed by atoms with van der Waals surface area (Å²) in [5.41, 5.74) is 0. The molecule has 1 N–H and O–H groups in total. The highest BCUT2D eigenvalue weighted by molar-refractivity contribution is 7.76. The van der Waals surface area contributed by atoms with Gasteiger partial charge in [0.15, 0.2) is 0 Å². The van der Waals surface area contributed by atoms with E-state index < -0.39 is 11.3 Å². The molecule has 1 saturated carbocycles. The Bertz CT molecular complexity index is 197. The highest BCUT2D eigenvalue weighted by atomic mass is 32.2. The molecule has 11 heavy (non-hydrogen) atoms. The van der Waals surface area contributed by atoms with Crippen LogP contribution in [-0.4, -0.2) is 25.7 Å². The van der Waals surface area contributed by atoms with Crippen molar-refractivity contribution < 1.29 is 8.76 Å². The molecular weight excluding hydrogens is 164 g/mol. The van der Waals surface area contributed by atoms with Crippen molar-refractivity contribution in [3.8, 4) is 6.07 Å². The zero-order valence-corrected chi connectivity index (χ0v) is 6.88. The average Bonchev–Trinajstić information content (AvgIpc) is 2.71. The molecule has 62 valence electrons. The van der Waals surface area contributed by atoms with E-state index in [0.717, 1.165) is 12.8 Å². The maximum atomic E-state index is 10.6. The molecule has 1 unspecified atom stereocenters. The van der Waals surface area contributed by atoms with E-state index >= 15 is 0 Å². The minimum atomic E-state index is -1.89. The number of hydrogen-bond acceptors (Lipinski definition) is 2. The number of rotatable bonds is 4. The van der Waals surface area contributed by atoms with Gasteiger partial charge >= 0.3 is 0 Å². The largest absolute Gasteiger partial charge is 0.294 e. The molecule has 4 nitrogen and oxygen atoms in total. The molecule has 1 atom stereocenters. The minimum Gasteiger partial charge on any atom is -0.294 e. The Balaban J connectivity index is 2.34. The molecule has 0 aromatic carbocycles. The Morgan fingerprint density at radius 1 is 1.73 bits per heavy atom. The monoisotopic (exact) mass is 174 g/mol. The van der Waals surface area contributed by atoms with Crippen LogP contribution in [0.15, 0.2) is 0 Å². The van der Waals surface area contributed by atoms with Crippen molar-refractivity contribution in [2.24, 2.45) is 0 Å². The second kappa shape index (κ2) is 3.81. The fraction of sp³-hybridized carbons (Fsp3) is 0.833. The summed E-state index contributed by atoms with van der Waals surface area (Å²) in [5, 5.41) is 8.24. The zero-order chi connectivity index (χ0) is 8.27. The van der Waals surface area contributed by atoms with E-state index in [4.69, 9.17) is 9.81 Å². The fourth-order valence-corrected chi connectivity index (χ4v) is 1.62. The van der Waals surface area contributed by atoms with E-state index in [0.29, 0.717) is 13.0 Å². The molecule has 0 amide bonds. The number of nitriles is 1. The first kappa shape index (κ1) is 8.65. The molecule has 1 rings (SSSR count). The normalized spacial score (nSPS) is 19.7. The van der Waals surface area contributed by atoms with Crippen LogP contribution in [0.3, 0.4) is 0 Å². The maximum Gasteiger partial charge on any atom is 0.234 e. The van der Waals surface area contributed by atoms with Gasteiger partial charge < -0.3 is 0 Å². The lowest BCUT2D eigenvalue weighted by Crippen LogP contribution is -2.28. The van der Waals surface area contributed by atoms with Crippen molar-refractivity contribution >= 4 is 11.3 Å². The number of nitrogens with zero attached hydrogens (tertiary/aromatic N) is 2. The summed E-state index contributed by atoms with van der Waals surface area (Å²) in [7, 11) is 0. The van der Waals surface area contributed by atoms with Crippen molar-refractivity contribution in [1.29, 1.82) is 5.26 Å². The summed E-state index contributed by atoms with van der Waals surface area (Å²) < 4.78 is 20.8. The van der Waals surface area contributed by atoms with Gasteiger partial charge in [0.05, 0.1) is 6.07 Å². The molecule has 1 aliphatic rings. The smallest absolute Gasteiger partial charge is 0.234 e. The van der Waals surface area contributed by atoms with E-state index in [1.807, 2.05) is 6.07 Å². The van der Waals surface area contributed by atoms with Crippen molar-refractivity contribution in [2.45, 2.75) is 25.3 Å². The first-order valence-corrected chi connectivity index (χ1v) is 4.56. The SMILES string of the molecule is N#CCCN(C1CC1)S(=O)O. The maximum absolute atomic E-state index is 10.6. The molecule has 0 heterocycles. The summed E-state index contributed by atoms with van der Waals surface area (Å²) in [6, 6.07) is 2.19. The standard InChI is InChI=1S/C6H10N2O2S/c7-4-1-5-8(11(9)10)6-2-3-6/h6H,1-3,5H2,(H,9,10). The summed E-state index contributed by atoms with van der Waals surface area (Å²) >= 11 is -1.89. The van der Waals surface area contributed by atoms with Gasteiger partial charge in [0.2, 0.25) is 11.3 Å². The highest BCUT2D eigenvalue weighted by Gasteiger charge is 2.31. The third-order valence-electron chi connectivity index (χ3n) is 1.60. The lowest BCUT2D eigenvalue weighted by molar-refractivity contribution is 0.396. The first-order valence-electron chi connectivity index (χ1n) is 3.50. The van der Waals surface area contributed by atoms with Crippen LogP contribution in [0.5, 0.6) is 0 Å². The Morgan fingerprint density at radius 2 is 2.36 bits per heavy atom. The van der Waals surface area contributed by atoms with Crippen molar-refractivity contribution in [2.75, 3.05) is 6.54 Å². The van der Waals surface area contributed by atoms with Crippen LogP contribution in [0.4, 0.5) is 0 Å². The predicted molar refractivity (Wildman–Crippen MR) is 40.7 cm³/mol.